The number of oxazole rings is 1. The van der Waals surface area contributed by atoms with E-state index in [-0.39, 0.29) is 5.41 Å². The van der Waals surface area contributed by atoms with E-state index in [4.69, 9.17) is 4.42 Å². The normalized spacial score (nSPS) is 11.9. The van der Waals surface area contributed by atoms with Crippen LogP contribution in [0.4, 0.5) is 0 Å². The predicted octanol–water partition coefficient (Wildman–Crippen LogP) is 4.19. The van der Waals surface area contributed by atoms with Gasteiger partial charge in [-0.2, -0.15) is 0 Å². The van der Waals surface area contributed by atoms with Gasteiger partial charge < -0.3 is 4.42 Å². The summed E-state index contributed by atoms with van der Waals surface area (Å²) in [7, 11) is 0. The van der Waals surface area contributed by atoms with Crippen LogP contribution >= 0.6 is 0 Å². The van der Waals surface area contributed by atoms with Gasteiger partial charge >= 0.3 is 0 Å². The molecule has 0 saturated heterocycles. The SMILES string of the molecule is CC(C)(C)c1ccc2oc(-c3ccncc3)nc2c1. The third-order valence-corrected chi connectivity index (χ3v) is 3.18. The van der Waals surface area contributed by atoms with Crippen molar-refractivity contribution >= 4 is 11.1 Å². The summed E-state index contributed by atoms with van der Waals surface area (Å²) < 4.78 is 5.78. The lowest BCUT2D eigenvalue weighted by Gasteiger charge is -2.18. The summed E-state index contributed by atoms with van der Waals surface area (Å²) >= 11 is 0. The number of aromatic nitrogens is 2. The van der Waals surface area contributed by atoms with Gasteiger partial charge in [-0.1, -0.05) is 26.8 Å². The molecular weight excluding hydrogens is 236 g/mol. The van der Waals surface area contributed by atoms with Crippen LogP contribution in [0, 0.1) is 0 Å². The molecule has 3 heteroatoms. The molecule has 96 valence electrons. The molecule has 0 amide bonds. The number of rotatable bonds is 1. The van der Waals surface area contributed by atoms with E-state index < -0.39 is 0 Å². The molecule has 3 aromatic rings. The molecule has 0 spiro atoms. The summed E-state index contributed by atoms with van der Waals surface area (Å²) in [5.41, 5.74) is 4.04. The van der Waals surface area contributed by atoms with Gasteiger partial charge in [0.1, 0.15) is 5.52 Å². The van der Waals surface area contributed by atoms with Crippen LogP contribution in [0.5, 0.6) is 0 Å². The van der Waals surface area contributed by atoms with Gasteiger partial charge in [-0.05, 0) is 35.2 Å². The second kappa shape index (κ2) is 4.19. The summed E-state index contributed by atoms with van der Waals surface area (Å²) in [5, 5.41) is 0. The first kappa shape index (κ1) is 11.9. The van der Waals surface area contributed by atoms with Gasteiger partial charge in [0.25, 0.3) is 0 Å². The van der Waals surface area contributed by atoms with E-state index in [1.165, 1.54) is 5.56 Å². The number of pyridine rings is 1. The summed E-state index contributed by atoms with van der Waals surface area (Å²) in [5.74, 6) is 0.642. The number of hydrogen-bond donors (Lipinski definition) is 0. The summed E-state index contributed by atoms with van der Waals surface area (Å²) in [4.78, 5) is 8.56. The predicted molar refractivity (Wildman–Crippen MR) is 75.9 cm³/mol. The van der Waals surface area contributed by atoms with Gasteiger partial charge in [-0.3, -0.25) is 4.98 Å². The highest BCUT2D eigenvalue weighted by molar-refractivity contribution is 5.77. The van der Waals surface area contributed by atoms with Crippen molar-refractivity contribution in [3.63, 3.8) is 0 Å². The van der Waals surface area contributed by atoms with Crippen molar-refractivity contribution in [3.8, 4) is 11.5 Å². The Balaban J connectivity index is 2.12. The van der Waals surface area contributed by atoms with E-state index in [2.05, 4.69) is 42.9 Å². The van der Waals surface area contributed by atoms with Gasteiger partial charge in [0.05, 0.1) is 0 Å². The zero-order valence-electron chi connectivity index (χ0n) is 11.3. The number of hydrogen-bond acceptors (Lipinski definition) is 3. The molecule has 0 unspecified atom stereocenters. The van der Waals surface area contributed by atoms with Gasteiger partial charge in [0, 0.05) is 18.0 Å². The molecule has 0 fully saturated rings. The molecule has 3 rings (SSSR count). The van der Waals surface area contributed by atoms with E-state index in [1.54, 1.807) is 12.4 Å². The smallest absolute Gasteiger partial charge is 0.227 e. The average molecular weight is 252 g/mol. The lowest BCUT2D eigenvalue weighted by Crippen LogP contribution is -2.10. The Kier molecular flexibility index (Phi) is 2.63. The van der Waals surface area contributed by atoms with Crippen LogP contribution in [0.2, 0.25) is 0 Å². The van der Waals surface area contributed by atoms with Crippen molar-refractivity contribution in [2.45, 2.75) is 26.2 Å². The van der Waals surface area contributed by atoms with Gasteiger partial charge in [0.2, 0.25) is 5.89 Å². The molecular formula is C16H16N2O. The highest BCUT2D eigenvalue weighted by Gasteiger charge is 2.16. The zero-order valence-corrected chi connectivity index (χ0v) is 11.3. The quantitative estimate of drug-likeness (QED) is 0.652. The van der Waals surface area contributed by atoms with Crippen LogP contribution in [0.1, 0.15) is 26.3 Å². The van der Waals surface area contributed by atoms with Crippen LogP contribution in [0.25, 0.3) is 22.6 Å². The molecule has 0 radical (unpaired) electrons. The third-order valence-electron chi connectivity index (χ3n) is 3.18. The molecule has 0 atom stereocenters. The Labute approximate surface area is 112 Å². The lowest BCUT2D eigenvalue weighted by molar-refractivity contribution is 0.590. The average Bonchev–Trinajstić information content (AvgIpc) is 2.81. The summed E-state index contributed by atoms with van der Waals surface area (Å²) in [6.45, 7) is 6.58. The first-order valence-electron chi connectivity index (χ1n) is 6.35. The molecule has 19 heavy (non-hydrogen) atoms. The van der Waals surface area contributed by atoms with Crippen molar-refractivity contribution in [1.82, 2.24) is 9.97 Å². The molecule has 2 aromatic heterocycles. The van der Waals surface area contributed by atoms with Crippen molar-refractivity contribution in [2.24, 2.45) is 0 Å². The highest BCUT2D eigenvalue weighted by Crippen LogP contribution is 2.28. The van der Waals surface area contributed by atoms with Crippen LogP contribution < -0.4 is 0 Å². The second-order valence-electron chi connectivity index (χ2n) is 5.69. The molecule has 0 saturated carbocycles. The molecule has 0 aliphatic rings. The van der Waals surface area contributed by atoms with Crippen molar-refractivity contribution in [3.05, 3.63) is 48.3 Å². The van der Waals surface area contributed by atoms with E-state index in [1.807, 2.05) is 18.2 Å². The second-order valence-corrected chi connectivity index (χ2v) is 5.69. The minimum Gasteiger partial charge on any atom is -0.436 e. The van der Waals surface area contributed by atoms with Crippen LogP contribution in [0.3, 0.4) is 0 Å². The molecule has 1 aromatic carbocycles. The van der Waals surface area contributed by atoms with Gasteiger partial charge in [-0.15, -0.1) is 0 Å². The Bertz CT molecular complexity index is 708. The zero-order chi connectivity index (χ0) is 13.5. The molecule has 2 heterocycles. The number of fused-ring (bicyclic) bond motifs is 1. The van der Waals surface area contributed by atoms with Crippen molar-refractivity contribution in [2.75, 3.05) is 0 Å². The Hall–Kier alpha value is -2.16. The monoisotopic (exact) mass is 252 g/mol. The van der Waals surface area contributed by atoms with E-state index in [0.29, 0.717) is 5.89 Å². The fraction of sp³-hybridized carbons (Fsp3) is 0.250. The largest absolute Gasteiger partial charge is 0.436 e. The summed E-state index contributed by atoms with van der Waals surface area (Å²) in [6.07, 6.45) is 3.48. The fourth-order valence-electron chi connectivity index (χ4n) is 2.01. The first-order valence-corrected chi connectivity index (χ1v) is 6.35. The molecule has 0 N–H and O–H groups in total. The minimum absolute atomic E-state index is 0.115. The number of benzene rings is 1. The fourth-order valence-corrected chi connectivity index (χ4v) is 2.01. The maximum atomic E-state index is 5.78. The van der Waals surface area contributed by atoms with Crippen LogP contribution in [-0.2, 0) is 5.41 Å². The minimum atomic E-state index is 0.115. The Morgan fingerprint density at radius 2 is 1.74 bits per heavy atom. The Morgan fingerprint density at radius 1 is 1.00 bits per heavy atom. The van der Waals surface area contributed by atoms with Crippen molar-refractivity contribution in [1.29, 1.82) is 0 Å². The summed E-state index contributed by atoms with van der Waals surface area (Å²) in [6, 6.07) is 9.99. The molecule has 0 bridgehead atoms. The molecule has 0 aliphatic carbocycles. The number of nitrogens with zero attached hydrogens (tertiary/aromatic N) is 2. The van der Waals surface area contributed by atoms with E-state index >= 15 is 0 Å². The van der Waals surface area contributed by atoms with Gasteiger partial charge in [0.15, 0.2) is 5.58 Å². The highest BCUT2D eigenvalue weighted by atomic mass is 16.3. The van der Waals surface area contributed by atoms with Gasteiger partial charge in [-0.25, -0.2) is 4.98 Å². The first-order chi connectivity index (χ1) is 9.04. The van der Waals surface area contributed by atoms with Crippen LogP contribution in [0.15, 0.2) is 47.1 Å². The lowest BCUT2D eigenvalue weighted by atomic mass is 9.87. The third kappa shape index (κ3) is 2.24. The van der Waals surface area contributed by atoms with Crippen molar-refractivity contribution < 1.29 is 4.42 Å². The van der Waals surface area contributed by atoms with E-state index in [9.17, 15) is 0 Å². The molecule has 3 nitrogen and oxygen atoms in total. The maximum absolute atomic E-state index is 5.78. The maximum Gasteiger partial charge on any atom is 0.227 e. The van der Waals surface area contributed by atoms with E-state index in [0.717, 1.165) is 16.7 Å². The van der Waals surface area contributed by atoms with Crippen LogP contribution in [-0.4, -0.2) is 9.97 Å². The topological polar surface area (TPSA) is 38.9 Å². The standard InChI is InChI=1S/C16H16N2O/c1-16(2,3)12-4-5-14-13(10-12)18-15(19-14)11-6-8-17-9-7-11/h4-10H,1-3H3. The molecule has 0 aliphatic heterocycles. The Morgan fingerprint density at radius 3 is 2.42 bits per heavy atom.